The van der Waals surface area contributed by atoms with Crippen molar-refractivity contribution in [3.63, 3.8) is 0 Å². The summed E-state index contributed by atoms with van der Waals surface area (Å²) < 4.78 is 46.1. The molecule has 0 bridgehead atoms. The molecule has 0 heterocycles. The highest BCUT2D eigenvalue weighted by molar-refractivity contribution is 7.98. The molecule has 4 N–H and O–H groups in total. The molecule has 0 saturated heterocycles. The van der Waals surface area contributed by atoms with Crippen LogP contribution in [0.4, 0.5) is 0 Å². The molecule has 11 nitrogen and oxygen atoms in total. The molecule has 1 unspecified atom stereocenters. The third-order valence-corrected chi connectivity index (χ3v) is 12.2. The lowest BCUT2D eigenvalue weighted by Gasteiger charge is -2.22. The van der Waals surface area contributed by atoms with Gasteiger partial charge in [-0.2, -0.15) is 11.8 Å². The zero-order chi connectivity index (χ0) is 28.8. The zero-order valence-corrected chi connectivity index (χ0v) is 25.1. The second-order valence-electron chi connectivity index (χ2n) is 9.99. The first-order chi connectivity index (χ1) is 16.7. The fraction of sp³-hybridized carbons (Fsp3) is 0.636. The van der Waals surface area contributed by atoms with Crippen LogP contribution in [0.25, 0.3) is 0 Å². The van der Waals surface area contributed by atoms with E-state index in [0.717, 1.165) is 0 Å². The number of thioether (sulfide) groups is 1. The van der Waals surface area contributed by atoms with Gasteiger partial charge in [0.05, 0.1) is 25.0 Å². The van der Waals surface area contributed by atoms with Gasteiger partial charge in [0.2, 0.25) is 0 Å². The highest BCUT2D eigenvalue weighted by Gasteiger charge is 2.43. The number of hydrogen-bond donors (Lipinski definition) is 4. The van der Waals surface area contributed by atoms with E-state index in [1.165, 1.54) is 32.0 Å². The Morgan fingerprint density at radius 1 is 0.892 bits per heavy atom. The van der Waals surface area contributed by atoms with Crippen LogP contribution in [0.1, 0.15) is 44.4 Å². The minimum Gasteiger partial charge on any atom is -0.469 e. The molecule has 212 valence electrons. The normalized spacial score (nSPS) is 13.9. The van der Waals surface area contributed by atoms with E-state index in [9.17, 15) is 42.5 Å². The Hall–Kier alpha value is -1.04. The van der Waals surface area contributed by atoms with Crippen molar-refractivity contribution in [2.45, 2.75) is 51.0 Å². The maximum Gasteiger partial charge on any atom is 0.341 e. The first kappa shape index (κ1) is 34.0. The van der Waals surface area contributed by atoms with Crippen molar-refractivity contribution in [1.82, 2.24) is 0 Å². The molecule has 0 aromatic heterocycles. The fourth-order valence-corrected chi connectivity index (χ4v) is 8.66. The molecule has 15 heteroatoms. The molecule has 0 saturated carbocycles. The summed E-state index contributed by atoms with van der Waals surface area (Å²) in [5.41, 5.74) is -0.373. The molecular weight excluding hydrogens is 566 g/mol. The van der Waals surface area contributed by atoms with E-state index in [1.54, 1.807) is 39.8 Å². The summed E-state index contributed by atoms with van der Waals surface area (Å²) in [6.45, 7) is 6.65. The Morgan fingerprint density at radius 3 is 1.84 bits per heavy atom. The third kappa shape index (κ3) is 10.9. The lowest BCUT2D eigenvalue weighted by Crippen LogP contribution is -2.31. The van der Waals surface area contributed by atoms with Crippen molar-refractivity contribution in [1.29, 1.82) is 0 Å². The van der Waals surface area contributed by atoms with Crippen LogP contribution in [0, 0.1) is 10.8 Å². The molecule has 37 heavy (non-hydrogen) atoms. The largest absolute Gasteiger partial charge is 0.469 e. The van der Waals surface area contributed by atoms with E-state index >= 15 is 0 Å². The summed E-state index contributed by atoms with van der Waals surface area (Å²) >= 11 is 1.40. The molecule has 1 aromatic carbocycles. The van der Waals surface area contributed by atoms with Crippen LogP contribution in [-0.2, 0) is 56.9 Å². The lowest BCUT2D eigenvalue weighted by molar-refractivity contribution is -0.150. The molecule has 0 aliphatic rings. The second-order valence-corrected chi connectivity index (χ2v) is 16.4. The Bertz CT molecular complexity index is 1070. The number of rotatable bonds is 14. The van der Waals surface area contributed by atoms with Gasteiger partial charge in [-0.15, -0.1) is 0 Å². The van der Waals surface area contributed by atoms with Gasteiger partial charge in [-0.25, -0.2) is 0 Å². The maximum absolute atomic E-state index is 12.9. The number of hydrogen-bond acceptors (Lipinski definition) is 8. The highest BCUT2D eigenvalue weighted by atomic mass is 32.2. The van der Waals surface area contributed by atoms with E-state index in [2.05, 4.69) is 0 Å². The molecule has 0 fully saturated rings. The van der Waals surface area contributed by atoms with Gasteiger partial charge in [-0.1, -0.05) is 18.2 Å². The Labute approximate surface area is 223 Å². The molecule has 0 aliphatic heterocycles. The van der Waals surface area contributed by atoms with Gasteiger partial charge in [0.25, 0.3) is 0 Å². The van der Waals surface area contributed by atoms with Crippen LogP contribution >= 0.6 is 27.0 Å². The predicted octanol–water partition coefficient (Wildman–Crippen LogP) is 2.79. The van der Waals surface area contributed by atoms with E-state index in [4.69, 9.17) is 9.47 Å². The summed E-state index contributed by atoms with van der Waals surface area (Å²) in [6, 6.07) is 4.80. The minimum atomic E-state index is -5.15. The first-order valence-corrected chi connectivity index (χ1v) is 17.0. The van der Waals surface area contributed by atoms with Crippen LogP contribution in [0.5, 0.6) is 0 Å². The molecular formula is C22H36O11P2S2. The average Bonchev–Trinajstić information content (AvgIpc) is 2.73. The molecule has 1 atom stereocenters. The summed E-state index contributed by atoms with van der Waals surface area (Å²) in [7, 11) is -9.30. The number of carbonyl (C=O) groups excluding carboxylic acids is 2. The minimum absolute atomic E-state index is 0.00390. The monoisotopic (exact) mass is 602 g/mol. The average molecular weight is 603 g/mol. The molecule has 0 aliphatic carbocycles. The third-order valence-electron chi connectivity index (χ3n) is 5.36. The van der Waals surface area contributed by atoms with E-state index in [0.29, 0.717) is 22.6 Å². The number of carbonyl (C=O) groups is 2. The van der Waals surface area contributed by atoms with Crippen molar-refractivity contribution in [2.24, 2.45) is 10.8 Å². The summed E-state index contributed by atoms with van der Waals surface area (Å²) in [6.07, 6.45) is -0.603. The standard InChI is InChI=1S/C22H36O11P2S2/c1-21(2,19(23)32-5)13-36-11-16-7-15(10-18(34(25,26)27)35(28,29)30)8-17(9-16)12-37(31)14-22(3,4)20(24)33-6/h7-9,18H,10-14H2,1-6H3,(H2,25,26,27)(H2,28,29,30). The zero-order valence-electron chi connectivity index (χ0n) is 21.7. The number of methoxy groups -OCH3 is 2. The Balaban J connectivity index is 3.29. The quantitative estimate of drug-likeness (QED) is 0.181. The SMILES string of the molecule is COC(=O)C(C)(C)CSCc1cc(CC(P(=O)(O)O)P(=O)(O)O)cc(CS(=O)CC(C)(C)C(=O)OC)c1. The van der Waals surface area contributed by atoms with Gasteiger partial charge in [-0.05, 0) is 50.8 Å². The smallest absolute Gasteiger partial charge is 0.341 e. The van der Waals surface area contributed by atoms with Crippen LogP contribution in [0.15, 0.2) is 18.2 Å². The Morgan fingerprint density at radius 2 is 1.35 bits per heavy atom. The van der Waals surface area contributed by atoms with Crippen LogP contribution in [0.3, 0.4) is 0 Å². The second kappa shape index (κ2) is 13.3. The van der Waals surface area contributed by atoms with Crippen molar-refractivity contribution < 1.29 is 52.0 Å². The molecule has 1 rings (SSSR count). The maximum atomic E-state index is 12.9. The summed E-state index contributed by atoms with van der Waals surface area (Å²) in [4.78, 5) is 62.1. The summed E-state index contributed by atoms with van der Waals surface area (Å²) in [5.74, 6) is -0.162. The van der Waals surface area contributed by atoms with Gasteiger partial charge in [0, 0.05) is 33.8 Å². The van der Waals surface area contributed by atoms with E-state index in [1.807, 2.05) is 0 Å². The molecule has 0 radical (unpaired) electrons. The summed E-state index contributed by atoms with van der Waals surface area (Å²) in [5, 5.41) is -2.22. The van der Waals surface area contributed by atoms with Crippen molar-refractivity contribution in [2.75, 3.05) is 25.7 Å². The molecule has 0 amide bonds. The number of esters is 2. The number of ether oxygens (including phenoxy) is 2. The van der Waals surface area contributed by atoms with Crippen LogP contribution in [0.2, 0.25) is 0 Å². The van der Waals surface area contributed by atoms with Gasteiger partial charge >= 0.3 is 27.1 Å². The predicted molar refractivity (Wildman–Crippen MR) is 142 cm³/mol. The molecule has 0 spiro atoms. The number of benzene rings is 1. The first-order valence-electron chi connectivity index (χ1n) is 11.0. The van der Waals surface area contributed by atoms with Crippen molar-refractivity contribution in [3.8, 4) is 0 Å². The van der Waals surface area contributed by atoms with E-state index < -0.39 is 54.6 Å². The van der Waals surface area contributed by atoms with Gasteiger partial charge in [0.1, 0.15) is 0 Å². The van der Waals surface area contributed by atoms with Crippen LogP contribution in [-0.4, -0.2) is 66.8 Å². The van der Waals surface area contributed by atoms with Crippen LogP contribution < -0.4 is 0 Å². The Kier molecular flexibility index (Phi) is 12.3. The molecule has 1 aromatic rings. The van der Waals surface area contributed by atoms with Crippen molar-refractivity contribution >= 4 is 49.7 Å². The van der Waals surface area contributed by atoms with Gasteiger partial charge < -0.3 is 29.0 Å². The van der Waals surface area contributed by atoms with Crippen molar-refractivity contribution in [3.05, 3.63) is 34.9 Å². The van der Waals surface area contributed by atoms with Gasteiger partial charge in [0.15, 0.2) is 5.40 Å². The lowest BCUT2D eigenvalue weighted by atomic mass is 9.97. The fourth-order valence-electron chi connectivity index (χ4n) is 3.50. The topological polar surface area (TPSA) is 185 Å². The van der Waals surface area contributed by atoms with Gasteiger partial charge in [-0.3, -0.25) is 22.9 Å². The highest BCUT2D eigenvalue weighted by Crippen LogP contribution is 2.61. The van der Waals surface area contributed by atoms with E-state index in [-0.39, 0.29) is 23.0 Å².